The van der Waals surface area contributed by atoms with E-state index in [1.165, 1.54) is 18.6 Å². The second-order valence-electron chi connectivity index (χ2n) is 4.47. The standard InChI is InChI=1S/C12H15F2N/c13-10-3-2-9(11(14)6-10)7-12(8-15)4-1-5-12/h2-3,6H,1,4-5,7-8,15H2. The van der Waals surface area contributed by atoms with E-state index in [0.29, 0.717) is 18.5 Å². The van der Waals surface area contributed by atoms with Crippen molar-refractivity contribution in [3.63, 3.8) is 0 Å². The highest BCUT2D eigenvalue weighted by molar-refractivity contribution is 5.21. The second-order valence-corrected chi connectivity index (χ2v) is 4.47. The molecule has 2 N–H and O–H groups in total. The summed E-state index contributed by atoms with van der Waals surface area (Å²) < 4.78 is 26.1. The first-order chi connectivity index (χ1) is 7.15. The maximum Gasteiger partial charge on any atom is 0.129 e. The molecule has 0 unspecified atom stereocenters. The summed E-state index contributed by atoms with van der Waals surface area (Å²) in [7, 11) is 0. The third-order valence-corrected chi connectivity index (χ3v) is 3.43. The quantitative estimate of drug-likeness (QED) is 0.817. The fourth-order valence-corrected chi connectivity index (χ4v) is 2.20. The molecule has 2 rings (SSSR count). The molecular weight excluding hydrogens is 196 g/mol. The molecule has 0 spiro atoms. The van der Waals surface area contributed by atoms with Gasteiger partial charge in [0.1, 0.15) is 11.6 Å². The van der Waals surface area contributed by atoms with Crippen LogP contribution in [-0.4, -0.2) is 6.54 Å². The zero-order valence-corrected chi connectivity index (χ0v) is 8.60. The number of benzene rings is 1. The molecule has 0 bridgehead atoms. The van der Waals surface area contributed by atoms with Gasteiger partial charge in [-0.2, -0.15) is 0 Å². The Hall–Kier alpha value is -0.960. The molecule has 1 aliphatic rings. The van der Waals surface area contributed by atoms with Gasteiger partial charge >= 0.3 is 0 Å². The van der Waals surface area contributed by atoms with Crippen molar-refractivity contribution in [2.75, 3.05) is 6.54 Å². The second kappa shape index (κ2) is 3.89. The maximum absolute atomic E-state index is 13.4. The molecule has 3 heteroatoms. The van der Waals surface area contributed by atoms with E-state index in [1.807, 2.05) is 0 Å². The minimum atomic E-state index is -0.522. The molecule has 0 radical (unpaired) electrons. The van der Waals surface area contributed by atoms with Crippen LogP contribution >= 0.6 is 0 Å². The van der Waals surface area contributed by atoms with Crippen molar-refractivity contribution in [3.05, 3.63) is 35.4 Å². The predicted octanol–water partition coefficient (Wildman–Crippen LogP) is 2.64. The fraction of sp³-hybridized carbons (Fsp3) is 0.500. The SMILES string of the molecule is NCC1(Cc2ccc(F)cc2F)CCC1. The Kier molecular flexibility index (Phi) is 2.74. The summed E-state index contributed by atoms with van der Waals surface area (Å²) in [5, 5.41) is 0. The minimum absolute atomic E-state index is 0.0681. The van der Waals surface area contributed by atoms with E-state index in [1.54, 1.807) is 0 Å². The Balaban J connectivity index is 2.16. The zero-order chi connectivity index (χ0) is 10.9. The summed E-state index contributed by atoms with van der Waals surface area (Å²) >= 11 is 0. The fourth-order valence-electron chi connectivity index (χ4n) is 2.20. The van der Waals surface area contributed by atoms with E-state index < -0.39 is 11.6 Å². The number of rotatable bonds is 3. The van der Waals surface area contributed by atoms with Gasteiger partial charge in [0.15, 0.2) is 0 Å². The van der Waals surface area contributed by atoms with Crippen LogP contribution in [0.4, 0.5) is 8.78 Å². The van der Waals surface area contributed by atoms with Crippen LogP contribution in [0.1, 0.15) is 24.8 Å². The average molecular weight is 211 g/mol. The van der Waals surface area contributed by atoms with Crippen LogP contribution in [0.15, 0.2) is 18.2 Å². The molecule has 0 aromatic heterocycles. The minimum Gasteiger partial charge on any atom is -0.330 e. The van der Waals surface area contributed by atoms with Crippen LogP contribution in [0.2, 0.25) is 0 Å². The van der Waals surface area contributed by atoms with Gasteiger partial charge in [-0.15, -0.1) is 0 Å². The molecule has 15 heavy (non-hydrogen) atoms. The van der Waals surface area contributed by atoms with E-state index in [0.717, 1.165) is 18.9 Å². The highest BCUT2D eigenvalue weighted by atomic mass is 19.1. The molecule has 1 aromatic rings. The Morgan fingerprint density at radius 2 is 2.00 bits per heavy atom. The van der Waals surface area contributed by atoms with Gasteiger partial charge in [-0.3, -0.25) is 0 Å². The van der Waals surface area contributed by atoms with E-state index >= 15 is 0 Å². The van der Waals surface area contributed by atoms with E-state index in [2.05, 4.69) is 0 Å². The van der Waals surface area contributed by atoms with Crippen LogP contribution in [0.3, 0.4) is 0 Å². The zero-order valence-electron chi connectivity index (χ0n) is 8.60. The van der Waals surface area contributed by atoms with E-state index in [9.17, 15) is 8.78 Å². The van der Waals surface area contributed by atoms with Crippen LogP contribution in [0.5, 0.6) is 0 Å². The molecule has 0 amide bonds. The Morgan fingerprint density at radius 3 is 2.47 bits per heavy atom. The average Bonchev–Trinajstić information content (AvgIpc) is 2.14. The van der Waals surface area contributed by atoms with E-state index in [4.69, 9.17) is 5.73 Å². The maximum atomic E-state index is 13.4. The van der Waals surface area contributed by atoms with Gasteiger partial charge in [0.2, 0.25) is 0 Å². The third-order valence-electron chi connectivity index (χ3n) is 3.43. The lowest BCUT2D eigenvalue weighted by Gasteiger charge is -2.41. The number of halogens is 2. The molecule has 1 aliphatic carbocycles. The van der Waals surface area contributed by atoms with Gasteiger partial charge in [0, 0.05) is 6.07 Å². The van der Waals surface area contributed by atoms with Gasteiger partial charge in [0.25, 0.3) is 0 Å². The molecule has 0 saturated heterocycles. The lowest BCUT2D eigenvalue weighted by molar-refractivity contribution is 0.143. The Morgan fingerprint density at radius 1 is 1.27 bits per heavy atom. The van der Waals surface area contributed by atoms with Crippen LogP contribution in [0, 0.1) is 17.0 Å². The first kappa shape index (κ1) is 10.6. The predicted molar refractivity (Wildman–Crippen MR) is 55.4 cm³/mol. The molecule has 0 aliphatic heterocycles. The number of nitrogens with two attached hydrogens (primary N) is 1. The van der Waals surface area contributed by atoms with Crippen molar-refractivity contribution in [3.8, 4) is 0 Å². The van der Waals surface area contributed by atoms with Gasteiger partial charge in [-0.25, -0.2) is 8.78 Å². The lowest BCUT2D eigenvalue weighted by Crippen LogP contribution is -2.39. The first-order valence-corrected chi connectivity index (χ1v) is 5.29. The van der Waals surface area contributed by atoms with Crippen LogP contribution in [-0.2, 0) is 6.42 Å². The third kappa shape index (κ3) is 2.02. The molecular formula is C12H15F2N. The lowest BCUT2D eigenvalue weighted by atomic mass is 9.65. The first-order valence-electron chi connectivity index (χ1n) is 5.29. The monoisotopic (exact) mass is 211 g/mol. The molecule has 1 nitrogen and oxygen atoms in total. The largest absolute Gasteiger partial charge is 0.330 e. The number of hydrogen-bond acceptors (Lipinski definition) is 1. The Bertz CT molecular complexity index is 353. The molecule has 1 fully saturated rings. The van der Waals surface area contributed by atoms with Gasteiger partial charge in [0.05, 0.1) is 0 Å². The van der Waals surface area contributed by atoms with Gasteiger partial charge < -0.3 is 5.73 Å². The Labute approximate surface area is 88.3 Å². The molecule has 1 saturated carbocycles. The van der Waals surface area contributed by atoms with Crippen LogP contribution < -0.4 is 5.73 Å². The molecule has 82 valence electrons. The summed E-state index contributed by atoms with van der Waals surface area (Å²) in [4.78, 5) is 0. The highest BCUT2D eigenvalue weighted by Crippen LogP contribution is 2.42. The van der Waals surface area contributed by atoms with Crippen molar-refractivity contribution in [1.82, 2.24) is 0 Å². The topological polar surface area (TPSA) is 26.0 Å². The summed E-state index contributed by atoms with van der Waals surface area (Å²) in [6.45, 7) is 0.587. The number of hydrogen-bond donors (Lipinski definition) is 1. The highest BCUT2D eigenvalue weighted by Gasteiger charge is 2.36. The summed E-state index contributed by atoms with van der Waals surface area (Å²) in [5.74, 6) is -0.971. The van der Waals surface area contributed by atoms with E-state index in [-0.39, 0.29) is 5.41 Å². The van der Waals surface area contributed by atoms with Gasteiger partial charge in [-0.05, 0) is 42.9 Å². The van der Waals surface area contributed by atoms with Gasteiger partial charge in [-0.1, -0.05) is 12.5 Å². The molecule has 0 atom stereocenters. The summed E-state index contributed by atoms with van der Waals surface area (Å²) in [5.41, 5.74) is 6.35. The van der Waals surface area contributed by atoms with Crippen LogP contribution in [0.25, 0.3) is 0 Å². The van der Waals surface area contributed by atoms with Crippen molar-refractivity contribution in [2.24, 2.45) is 11.1 Å². The summed E-state index contributed by atoms with van der Waals surface area (Å²) in [6.07, 6.45) is 3.91. The van der Waals surface area contributed by atoms with Crippen molar-refractivity contribution < 1.29 is 8.78 Å². The molecule has 0 heterocycles. The van der Waals surface area contributed by atoms with Crippen molar-refractivity contribution >= 4 is 0 Å². The normalized spacial score (nSPS) is 18.6. The molecule has 1 aromatic carbocycles. The van der Waals surface area contributed by atoms with Crippen molar-refractivity contribution in [1.29, 1.82) is 0 Å². The van der Waals surface area contributed by atoms with Crippen molar-refractivity contribution in [2.45, 2.75) is 25.7 Å². The smallest absolute Gasteiger partial charge is 0.129 e. The summed E-state index contributed by atoms with van der Waals surface area (Å²) in [6, 6.07) is 3.78.